The van der Waals surface area contributed by atoms with Crippen LogP contribution < -0.4 is 0 Å². The van der Waals surface area contributed by atoms with Crippen molar-refractivity contribution in [2.24, 2.45) is 0 Å². The SMILES string of the molecule is BrCCCc1nc2ccccc2o1. The molecule has 0 spiro atoms. The van der Waals surface area contributed by atoms with Gasteiger partial charge in [-0.2, -0.15) is 0 Å². The van der Waals surface area contributed by atoms with Crippen LogP contribution in [0.5, 0.6) is 0 Å². The number of para-hydroxylation sites is 2. The molecule has 68 valence electrons. The molecule has 0 atom stereocenters. The number of nitrogens with zero attached hydrogens (tertiary/aromatic N) is 1. The number of fused-ring (bicyclic) bond motifs is 1. The van der Waals surface area contributed by atoms with Gasteiger partial charge in [0.15, 0.2) is 11.5 Å². The molecular weight excluding hydrogens is 230 g/mol. The molecule has 0 amide bonds. The number of hydrogen-bond donors (Lipinski definition) is 0. The third-order valence-electron chi connectivity index (χ3n) is 1.86. The van der Waals surface area contributed by atoms with Crippen LogP contribution in [0, 0.1) is 0 Å². The van der Waals surface area contributed by atoms with Crippen molar-refractivity contribution in [1.29, 1.82) is 0 Å². The summed E-state index contributed by atoms with van der Waals surface area (Å²) in [6, 6.07) is 7.84. The van der Waals surface area contributed by atoms with Crippen molar-refractivity contribution >= 4 is 27.0 Å². The zero-order valence-corrected chi connectivity index (χ0v) is 8.75. The van der Waals surface area contributed by atoms with Crippen LogP contribution >= 0.6 is 15.9 Å². The first-order valence-electron chi connectivity index (χ1n) is 4.30. The maximum Gasteiger partial charge on any atom is 0.195 e. The van der Waals surface area contributed by atoms with E-state index in [1.807, 2.05) is 24.3 Å². The number of halogens is 1. The normalized spacial score (nSPS) is 10.8. The van der Waals surface area contributed by atoms with Gasteiger partial charge in [-0.3, -0.25) is 0 Å². The van der Waals surface area contributed by atoms with E-state index in [-0.39, 0.29) is 0 Å². The summed E-state index contributed by atoms with van der Waals surface area (Å²) in [5, 5.41) is 0.992. The Labute approximate surface area is 85.1 Å². The second kappa shape index (κ2) is 3.92. The highest BCUT2D eigenvalue weighted by atomic mass is 79.9. The fourth-order valence-corrected chi connectivity index (χ4v) is 1.53. The van der Waals surface area contributed by atoms with Crippen molar-refractivity contribution in [2.75, 3.05) is 5.33 Å². The summed E-state index contributed by atoms with van der Waals surface area (Å²) in [6.07, 6.45) is 1.97. The smallest absolute Gasteiger partial charge is 0.195 e. The molecule has 2 nitrogen and oxygen atoms in total. The van der Waals surface area contributed by atoms with Crippen LogP contribution in [0.25, 0.3) is 11.1 Å². The highest BCUT2D eigenvalue weighted by molar-refractivity contribution is 9.09. The molecule has 0 aliphatic rings. The van der Waals surface area contributed by atoms with Crippen LogP contribution in [0.3, 0.4) is 0 Å². The van der Waals surface area contributed by atoms with E-state index in [4.69, 9.17) is 4.42 Å². The molecule has 13 heavy (non-hydrogen) atoms. The van der Waals surface area contributed by atoms with Gasteiger partial charge in [-0.1, -0.05) is 28.1 Å². The van der Waals surface area contributed by atoms with Crippen molar-refractivity contribution in [3.05, 3.63) is 30.2 Å². The fourth-order valence-electron chi connectivity index (χ4n) is 1.24. The Morgan fingerprint density at radius 3 is 2.92 bits per heavy atom. The van der Waals surface area contributed by atoms with Gasteiger partial charge >= 0.3 is 0 Å². The molecular formula is C10H10BrNO. The molecule has 0 N–H and O–H groups in total. The zero-order valence-electron chi connectivity index (χ0n) is 7.16. The van der Waals surface area contributed by atoms with Gasteiger partial charge in [0.1, 0.15) is 5.52 Å². The van der Waals surface area contributed by atoms with Crippen LogP contribution in [-0.2, 0) is 6.42 Å². The van der Waals surface area contributed by atoms with E-state index in [1.54, 1.807) is 0 Å². The molecule has 0 saturated carbocycles. The van der Waals surface area contributed by atoms with Gasteiger partial charge in [0.2, 0.25) is 0 Å². The van der Waals surface area contributed by atoms with E-state index in [9.17, 15) is 0 Å². The van der Waals surface area contributed by atoms with E-state index in [0.717, 1.165) is 35.2 Å². The molecule has 1 aromatic heterocycles. The Bertz CT molecular complexity index is 363. The molecule has 0 saturated heterocycles. The number of hydrogen-bond acceptors (Lipinski definition) is 2. The Morgan fingerprint density at radius 2 is 2.15 bits per heavy atom. The summed E-state index contributed by atoms with van der Waals surface area (Å²) >= 11 is 3.38. The first-order valence-corrected chi connectivity index (χ1v) is 5.43. The average molecular weight is 240 g/mol. The zero-order chi connectivity index (χ0) is 9.10. The summed E-state index contributed by atoms with van der Waals surface area (Å²) in [5.41, 5.74) is 1.83. The molecule has 0 aliphatic carbocycles. The molecule has 1 aromatic carbocycles. The summed E-state index contributed by atoms with van der Waals surface area (Å²) in [6.45, 7) is 0. The number of aryl methyl sites for hydroxylation is 1. The van der Waals surface area contributed by atoms with Crippen molar-refractivity contribution in [3.63, 3.8) is 0 Å². The number of oxazole rings is 1. The van der Waals surface area contributed by atoms with Crippen molar-refractivity contribution < 1.29 is 4.42 Å². The van der Waals surface area contributed by atoms with E-state index in [0.29, 0.717) is 0 Å². The quantitative estimate of drug-likeness (QED) is 0.770. The van der Waals surface area contributed by atoms with E-state index >= 15 is 0 Å². The fraction of sp³-hybridized carbons (Fsp3) is 0.300. The lowest BCUT2D eigenvalue weighted by Crippen LogP contribution is -1.84. The molecule has 0 aliphatic heterocycles. The largest absolute Gasteiger partial charge is 0.441 e. The minimum atomic E-state index is 0.834. The van der Waals surface area contributed by atoms with E-state index < -0.39 is 0 Å². The molecule has 0 fully saturated rings. The van der Waals surface area contributed by atoms with Gasteiger partial charge in [-0.15, -0.1) is 0 Å². The topological polar surface area (TPSA) is 26.0 Å². The van der Waals surface area contributed by atoms with Crippen molar-refractivity contribution in [3.8, 4) is 0 Å². The van der Waals surface area contributed by atoms with Crippen LogP contribution in [0.15, 0.2) is 28.7 Å². The van der Waals surface area contributed by atoms with Crippen molar-refractivity contribution in [2.45, 2.75) is 12.8 Å². The Balaban J connectivity index is 2.28. The molecule has 1 heterocycles. The lowest BCUT2D eigenvalue weighted by atomic mass is 10.3. The molecule has 0 bridgehead atoms. The monoisotopic (exact) mass is 239 g/mol. The van der Waals surface area contributed by atoms with Crippen LogP contribution in [-0.4, -0.2) is 10.3 Å². The Kier molecular flexibility index (Phi) is 2.64. The molecule has 2 aromatic rings. The third-order valence-corrected chi connectivity index (χ3v) is 2.42. The predicted molar refractivity (Wildman–Crippen MR) is 56.1 cm³/mol. The second-order valence-electron chi connectivity index (χ2n) is 2.87. The third kappa shape index (κ3) is 1.91. The van der Waals surface area contributed by atoms with Gasteiger partial charge in [-0.25, -0.2) is 4.98 Å². The first kappa shape index (κ1) is 8.75. The standard InChI is InChI=1S/C10H10BrNO/c11-7-3-6-10-12-8-4-1-2-5-9(8)13-10/h1-2,4-5H,3,6-7H2. The Morgan fingerprint density at radius 1 is 1.31 bits per heavy atom. The van der Waals surface area contributed by atoms with E-state index in [2.05, 4.69) is 20.9 Å². The van der Waals surface area contributed by atoms with Crippen LogP contribution in [0.2, 0.25) is 0 Å². The lowest BCUT2D eigenvalue weighted by molar-refractivity contribution is 0.526. The van der Waals surface area contributed by atoms with Gasteiger partial charge in [0.25, 0.3) is 0 Å². The maximum absolute atomic E-state index is 5.54. The molecule has 0 radical (unpaired) electrons. The Hall–Kier alpha value is -0.830. The van der Waals surface area contributed by atoms with Crippen LogP contribution in [0.4, 0.5) is 0 Å². The minimum Gasteiger partial charge on any atom is -0.441 e. The van der Waals surface area contributed by atoms with Crippen LogP contribution in [0.1, 0.15) is 12.3 Å². The second-order valence-corrected chi connectivity index (χ2v) is 3.66. The van der Waals surface area contributed by atoms with E-state index in [1.165, 1.54) is 0 Å². The summed E-state index contributed by atoms with van der Waals surface area (Å²) in [7, 11) is 0. The van der Waals surface area contributed by atoms with Gasteiger partial charge in [0, 0.05) is 11.8 Å². The average Bonchev–Trinajstić information content (AvgIpc) is 2.57. The summed E-state index contributed by atoms with van der Waals surface area (Å²) in [5.74, 6) is 0.834. The predicted octanol–water partition coefficient (Wildman–Crippen LogP) is 3.16. The molecule has 2 rings (SSSR count). The number of benzene rings is 1. The van der Waals surface area contributed by atoms with Gasteiger partial charge in [-0.05, 0) is 18.6 Å². The van der Waals surface area contributed by atoms with Gasteiger partial charge in [0.05, 0.1) is 0 Å². The molecule has 3 heteroatoms. The van der Waals surface area contributed by atoms with Gasteiger partial charge < -0.3 is 4.42 Å². The molecule has 0 unspecified atom stereocenters. The lowest BCUT2D eigenvalue weighted by Gasteiger charge is -1.88. The first-order chi connectivity index (χ1) is 6.40. The van der Waals surface area contributed by atoms with Crippen molar-refractivity contribution in [1.82, 2.24) is 4.98 Å². The number of rotatable bonds is 3. The number of aromatic nitrogens is 1. The maximum atomic E-state index is 5.54. The highest BCUT2D eigenvalue weighted by Crippen LogP contribution is 2.15. The summed E-state index contributed by atoms with van der Waals surface area (Å²) in [4.78, 5) is 4.36. The summed E-state index contributed by atoms with van der Waals surface area (Å²) < 4.78 is 5.54. The minimum absolute atomic E-state index is 0.834. The number of alkyl halides is 1. The highest BCUT2D eigenvalue weighted by Gasteiger charge is 2.03.